The highest BCUT2D eigenvalue weighted by Crippen LogP contribution is 2.14. The number of Topliss-reactive ketones (excluding diaryl/α,β-unsaturated/α-hetero) is 1. The Labute approximate surface area is 77.6 Å². The number of aromatic hydroxyl groups is 2. The fourth-order valence-corrected chi connectivity index (χ4v) is 0.493. The van der Waals surface area contributed by atoms with Gasteiger partial charge in [0.2, 0.25) is 0 Å². The van der Waals surface area contributed by atoms with E-state index in [1.54, 1.807) is 13.0 Å². The van der Waals surface area contributed by atoms with E-state index in [2.05, 4.69) is 0 Å². The summed E-state index contributed by atoms with van der Waals surface area (Å²) in [5.41, 5.74) is 0. The summed E-state index contributed by atoms with van der Waals surface area (Å²) in [7, 11) is 0. The number of carbonyl (C=O) groups excluding carboxylic acids is 1. The molecule has 0 saturated carbocycles. The van der Waals surface area contributed by atoms with Gasteiger partial charge in [-0.3, -0.25) is 0 Å². The van der Waals surface area contributed by atoms with Crippen LogP contribution in [0.2, 0.25) is 0 Å². The lowest BCUT2D eigenvalue weighted by Crippen LogP contribution is -1.80. The summed E-state index contributed by atoms with van der Waals surface area (Å²) in [5.74, 6) is 0.431. The van der Waals surface area contributed by atoms with Crippen LogP contribution in [0, 0.1) is 0 Å². The molecule has 0 unspecified atom stereocenters. The number of benzene rings is 1. The minimum Gasteiger partial charge on any atom is -0.508 e. The average molecular weight is 182 g/mol. The lowest BCUT2D eigenvalue weighted by molar-refractivity contribution is -0.116. The number of phenolic OH excluding ortho intramolecular Hbond substituents is 2. The first-order valence-corrected chi connectivity index (χ1v) is 4.03. The molecule has 0 aliphatic carbocycles. The summed E-state index contributed by atoms with van der Waals surface area (Å²) in [5, 5.41) is 17.3. The summed E-state index contributed by atoms with van der Waals surface area (Å²) < 4.78 is 0. The van der Waals surface area contributed by atoms with Gasteiger partial charge in [0.1, 0.15) is 17.3 Å². The quantitative estimate of drug-likeness (QED) is 0.699. The van der Waals surface area contributed by atoms with Gasteiger partial charge in [-0.2, -0.15) is 0 Å². The second-order valence-corrected chi connectivity index (χ2v) is 2.58. The molecule has 0 spiro atoms. The largest absolute Gasteiger partial charge is 0.508 e. The third-order valence-corrected chi connectivity index (χ3v) is 1.33. The zero-order valence-corrected chi connectivity index (χ0v) is 7.82. The van der Waals surface area contributed by atoms with Crippen molar-refractivity contribution in [3.63, 3.8) is 0 Å². The normalized spacial score (nSPS) is 8.46. The standard InChI is InChI=1S/C6H6O2.C4H8O/c7-5-2-1-3-6(8)4-5;1-3-4(2)5/h1-4,7-8H;3H2,1-2H3. The summed E-state index contributed by atoms with van der Waals surface area (Å²) >= 11 is 0. The first-order chi connectivity index (χ1) is 6.06. The van der Waals surface area contributed by atoms with Crippen LogP contribution in [-0.4, -0.2) is 16.0 Å². The van der Waals surface area contributed by atoms with E-state index >= 15 is 0 Å². The molecule has 1 aromatic carbocycles. The molecule has 1 aromatic rings. The molecular weight excluding hydrogens is 168 g/mol. The van der Waals surface area contributed by atoms with Crippen LogP contribution in [0.3, 0.4) is 0 Å². The minimum absolute atomic E-state index is 0.0880. The molecule has 0 fully saturated rings. The zero-order valence-electron chi connectivity index (χ0n) is 7.82. The number of hydrogen-bond acceptors (Lipinski definition) is 3. The maximum atomic E-state index is 9.81. The molecule has 3 nitrogen and oxygen atoms in total. The van der Waals surface area contributed by atoms with Gasteiger partial charge in [-0.1, -0.05) is 13.0 Å². The van der Waals surface area contributed by atoms with Crippen LogP contribution in [0.25, 0.3) is 0 Å². The number of ketones is 1. The van der Waals surface area contributed by atoms with Crippen molar-refractivity contribution in [1.29, 1.82) is 0 Å². The van der Waals surface area contributed by atoms with Crippen LogP contribution in [0.1, 0.15) is 20.3 Å². The monoisotopic (exact) mass is 182 g/mol. The molecule has 0 radical (unpaired) electrons. The molecule has 0 atom stereocenters. The maximum Gasteiger partial charge on any atom is 0.129 e. The van der Waals surface area contributed by atoms with E-state index < -0.39 is 0 Å². The van der Waals surface area contributed by atoms with Gasteiger partial charge in [-0.25, -0.2) is 0 Å². The van der Waals surface area contributed by atoms with Crippen molar-refractivity contribution in [2.75, 3.05) is 0 Å². The Morgan fingerprint density at radius 1 is 1.31 bits per heavy atom. The molecular formula is C10H14O3. The smallest absolute Gasteiger partial charge is 0.129 e. The van der Waals surface area contributed by atoms with Crippen molar-refractivity contribution in [2.24, 2.45) is 0 Å². The van der Waals surface area contributed by atoms with Gasteiger partial charge in [0, 0.05) is 12.5 Å². The topological polar surface area (TPSA) is 57.5 Å². The van der Waals surface area contributed by atoms with Crippen LogP contribution in [0.15, 0.2) is 24.3 Å². The lowest BCUT2D eigenvalue weighted by Gasteiger charge is -1.89. The average Bonchev–Trinajstić information content (AvgIpc) is 2.05. The van der Waals surface area contributed by atoms with Crippen LogP contribution in [0.5, 0.6) is 11.5 Å². The van der Waals surface area contributed by atoms with Crippen molar-refractivity contribution >= 4 is 5.78 Å². The van der Waals surface area contributed by atoms with E-state index in [4.69, 9.17) is 10.2 Å². The Hall–Kier alpha value is -1.51. The number of rotatable bonds is 1. The molecule has 0 saturated heterocycles. The zero-order chi connectivity index (χ0) is 10.3. The molecule has 3 heteroatoms. The summed E-state index contributed by atoms with van der Waals surface area (Å²) in [6, 6.07) is 5.85. The van der Waals surface area contributed by atoms with Crippen LogP contribution in [-0.2, 0) is 4.79 Å². The molecule has 13 heavy (non-hydrogen) atoms. The first-order valence-electron chi connectivity index (χ1n) is 4.03. The molecule has 72 valence electrons. The van der Waals surface area contributed by atoms with Crippen molar-refractivity contribution < 1.29 is 15.0 Å². The highest BCUT2D eigenvalue weighted by atomic mass is 16.3. The van der Waals surface area contributed by atoms with Gasteiger partial charge in [-0.05, 0) is 19.1 Å². The highest BCUT2D eigenvalue weighted by Gasteiger charge is 1.85. The maximum absolute atomic E-state index is 9.81. The van der Waals surface area contributed by atoms with Crippen LogP contribution >= 0.6 is 0 Å². The first kappa shape index (κ1) is 11.5. The van der Waals surface area contributed by atoms with Gasteiger partial charge in [0.15, 0.2) is 0 Å². The molecule has 0 aromatic heterocycles. The Kier molecular flexibility index (Phi) is 5.35. The SMILES string of the molecule is CCC(C)=O.Oc1cccc(O)c1. The van der Waals surface area contributed by atoms with Crippen LogP contribution < -0.4 is 0 Å². The Morgan fingerprint density at radius 2 is 1.69 bits per heavy atom. The molecule has 0 bridgehead atoms. The van der Waals surface area contributed by atoms with E-state index in [0.29, 0.717) is 6.42 Å². The van der Waals surface area contributed by atoms with E-state index in [-0.39, 0.29) is 17.3 Å². The summed E-state index contributed by atoms with van der Waals surface area (Å²) in [6.07, 6.45) is 0.667. The number of carbonyl (C=O) groups is 1. The lowest BCUT2D eigenvalue weighted by atomic mass is 10.3. The second-order valence-electron chi connectivity index (χ2n) is 2.58. The molecule has 1 rings (SSSR count). The highest BCUT2D eigenvalue weighted by molar-refractivity contribution is 5.74. The second kappa shape index (κ2) is 6.06. The van der Waals surface area contributed by atoms with Gasteiger partial charge in [-0.15, -0.1) is 0 Å². The third kappa shape index (κ3) is 6.87. The van der Waals surface area contributed by atoms with Gasteiger partial charge < -0.3 is 15.0 Å². The summed E-state index contributed by atoms with van der Waals surface area (Å²) in [4.78, 5) is 9.81. The Morgan fingerprint density at radius 3 is 1.85 bits per heavy atom. The summed E-state index contributed by atoms with van der Waals surface area (Å²) in [6.45, 7) is 3.43. The van der Waals surface area contributed by atoms with Crippen molar-refractivity contribution in [1.82, 2.24) is 0 Å². The predicted molar refractivity (Wildman–Crippen MR) is 50.7 cm³/mol. The molecule has 0 aliphatic heterocycles. The predicted octanol–water partition coefficient (Wildman–Crippen LogP) is 2.08. The Bertz CT molecular complexity index is 251. The number of phenols is 2. The van der Waals surface area contributed by atoms with Crippen molar-refractivity contribution in [3.05, 3.63) is 24.3 Å². The minimum atomic E-state index is 0.0880. The third-order valence-electron chi connectivity index (χ3n) is 1.33. The molecule has 0 amide bonds. The van der Waals surface area contributed by atoms with Crippen molar-refractivity contribution in [3.8, 4) is 11.5 Å². The van der Waals surface area contributed by atoms with E-state index in [1.807, 2.05) is 6.92 Å². The van der Waals surface area contributed by atoms with Crippen LogP contribution in [0.4, 0.5) is 0 Å². The van der Waals surface area contributed by atoms with E-state index in [1.165, 1.54) is 18.2 Å². The molecule has 0 aliphatic rings. The number of hydrogen-bond donors (Lipinski definition) is 2. The molecule has 0 heterocycles. The fraction of sp³-hybridized carbons (Fsp3) is 0.300. The van der Waals surface area contributed by atoms with E-state index in [0.717, 1.165) is 0 Å². The van der Waals surface area contributed by atoms with Gasteiger partial charge >= 0.3 is 0 Å². The molecule has 2 N–H and O–H groups in total. The van der Waals surface area contributed by atoms with Gasteiger partial charge in [0.05, 0.1) is 0 Å². The van der Waals surface area contributed by atoms with Crippen molar-refractivity contribution in [2.45, 2.75) is 20.3 Å². The van der Waals surface area contributed by atoms with Gasteiger partial charge in [0.25, 0.3) is 0 Å². The van der Waals surface area contributed by atoms with E-state index in [9.17, 15) is 4.79 Å². The Balaban J connectivity index is 0.000000252. The fourth-order valence-electron chi connectivity index (χ4n) is 0.493.